The first-order valence-electron chi connectivity index (χ1n) is 8.81. The second-order valence-corrected chi connectivity index (χ2v) is 6.57. The van der Waals surface area contributed by atoms with Crippen LogP contribution in [0.5, 0.6) is 0 Å². The molecule has 4 nitrogen and oxygen atoms in total. The maximum Gasteiger partial charge on any atom is 0.231 e. The van der Waals surface area contributed by atoms with Crippen LogP contribution in [-0.4, -0.2) is 23.1 Å². The van der Waals surface area contributed by atoms with E-state index in [1.54, 1.807) is 6.20 Å². The molecule has 5 heteroatoms. The fraction of sp³-hybridized carbons (Fsp3) is 0.238. The van der Waals surface area contributed by atoms with Crippen LogP contribution in [0.2, 0.25) is 5.02 Å². The summed E-state index contributed by atoms with van der Waals surface area (Å²) in [4.78, 5) is 11.2. The summed E-state index contributed by atoms with van der Waals surface area (Å²) in [5.41, 5.74) is 3.52. The largest absolute Gasteiger partial charge is 0.370 e. The second-order valence-electron chi connectivity index (χ2n) is 6.13. The third kappa shape index (κ3) is 4.73. The van der Waals surface area contributed by atoms with Crippen LogP contribution >= 0.6 is 11.6 Å². The first kappa shape index (κ1) is 18.2. The van der Waals surface area contributed by atoms with Gasteiger partial charge in [0.25, 0.3) is 0 Å². The summed E-state index contributed by atoms with van der Waals surface area (Å²) in [6, 6.07) is 18.2. The Balaban J connectivity index is 1.69. The fourth-order valence-electron chi connectivity index (χ4n) is 2.84. The molecule has 1 heterocycles. The van der Waals surface area contributed by atoms with Gasteiger partial charge in [0.1, 0.15) is 5.82 Å². The van der Waals surface area contributed by atoms with Crippen molar-refractivity contribution in [2.75, 3.05) is 23.3 Å². The Morgan fingerprint density at radius 1 is 1.08 bits per heavy atom. The summed E-state index contributed by atoms with van der Waals surface area (Å²) in [6.07, 6.45) is 2.68. The lowest BCUT2D eigenvalue weighted by molar-refractivity contribution is 0.936. The van der Waals surface area contributed by atoms with Gasteiger partial charge in [0.2, 0.25) is 5.95 Å². The number of halogens is 1. The molecule has 1 aromatic heterocycles. The van der Waals surface area contributed by atoms with Crippen LogP contribution in [0.3, 0.4) is 0 Å². The number of rotatable bonds is 7. The van der Waals surface area contributed by atoms with Gasteiger partial charge >= 0.3 is 0 Å². The molecule has 134 valence electrons. The minimum absolute atomic E-state index is 0.700. The van der Waals surface area contributed by atoms with Crippen LogP contribution in [0.15, 0.2) is 60.8 Å². The maximum atomic E-state index is 6.04. The Hall–Kier alpha value is -2.59. The van der Waals surface area contributed by atoms with Gasteiger partial charge in [-0.3, -0.25) is 0 Å². The lowest BCUT2D eigenvalue weighted by Gasteiger charge is -2.21. The summed E-state index contributed by atoms with van der Waals surface area (Å²) in [6.45, 7) is 5.78. The molecular formula is C21H23ClN4. The average molecular weight is 367 g/mol. The number of anilines is 3. The highest BCUT2D eigenvalue weighted by atomic mass is 35.5. The molecule has 3 rings (SSSR count). The number of benzene rings is 2. The van der Waals surface area contributed by atoms with Crippen LogP contribution in [0, 0.1) is 6.92 Å². The minimum atomic E-state index is 0.700. The highest BCUT2D eigenvalue weighted by molar-refractivity contribution is 6.30. The molecule has 26 heavy (non-hydrogen) atoms. The normalized spacial score (nSPS) is 10.6. The zero-order valence-corrected chi connectivity index (χ0v) is 15.9. The van der Waals surface area contributed by atoms with Crippen molar-refractivity contribution < 1.29 is 0 Å². The Labute approximate surface area is 159 Å². The van der Waals surface area contributed by atoms with Gasteiger partial charge < -0.3 is 10.2 Å². The molecule has 2 aromatic carbocycles. The molecule has 0 saturated carbocycles. The summed E-state index contributed by atoms with van der Waals surface area (Å²) < 4.78 is 0. The van der Waals surface area contributed by atoms with Crippen molar-refractivity contribution in [3.63, 3.8) is 0 Å². The number of hydrogen-bond acceptors (Lipinski definition) is 4. The fourth-order valence-corrected chi connectivity index (χ4v) is 3.05. The van der Waals surface area contributed by atoms with Gasteiger partial charge in [-0.05, 0) is 61.7 Å². The van der Waals surface area contributed by atoms with Crippen LogP contribution in [-0.2, 0) is 6.42 Å². The van der Waals surface area contributed by atoms with Crippen molar-refractivity contribution in [1.82, 2.24) is 9.97 Å². The van der Waals surface area contributed by atoms with Crippen molar-refractivity contribution in [2.24, 2.45) is 0 Å². The van der Waals surface area contributed by atoms with Crippen molar-refractivity contribution in [2.45, 2.75) is 20.3 Å². The highest BCUT2D eigenvalue weighted by Crippen LogP contribution is 2.23. The van der Waals surface area contributed by atoms with Gasteiger partial charge in [-0.25, -0.2) is 4.98 Å². The smallest absolute Gasteiger partial charge is 0.231 e. The summed E-state index contributed by atoms with van der Waals surface area (Å²) >= 11 is 6.04. The Morgan fingerprint density at radius 2 is 1.92 bits per heavy atom. The summed E-state index contributed by atoms with van der Waals surface area (Å²) in [7, 11) is 0. The Bertz CT molecular complexity index is 866. The van der Waals surface area contributed by atoms with Crippen molar-refractivity contribution in [1.29, 1.82) is 0 Å². The topological polar surface area (TPSA) is 41.1 Å². The Kier molecular flexibility index (Phi) is 6.08. The molecule has 0 atom stereocenters. The zero-order chi connectivity index (χ0) is 18.4. The lowest BCUT2D eigenvalue weighted by Crippen LogP contribution is -2.19. The molecule has 1 N–H and O–H groups in total. The van der Waals surface area contributed by atoms with Gasteiger partial charge in [-0.1, -0.05) is 35.9 Å². The number of nitrogens with zero attached hydrogens (tertiary/aromatic N) is 3. The maximum absolute atomic E-state index is 6.04. The molecule has 0 aliphatic heterocycles. The van der Waals surface area contributed by atoms with E-state index < -0.39 is 0 Å². The van der Waals surface area contributed by atoms with E-state index in [9.17, 15) is 0 Å². The van der Waals surface area contributed by atoms with Crippen LogP contribution in [0.1, 0.15) is 18.1 Å². The molecule has 0 bridgehead atoms. The molecule has 0 radical (unpaired) electrons. The monoisotopic (exact) mass is 366 g/mol. The van der Waals surface area contributed by atoms with Gasteiger partial charge in [0.15, 0.2) is 0 Å². The minimum Gasteiger partial charge on any atom is -0.370 e. The van der Waals surface area contributed by atoms with E-state index in [4.69, 9.17) is 11.6 Å². The average Bonchev–Trinajstić information content (AvgIpc) is 2.63. The molecular weight excluding hydrogens is 344 g/mol. The van der Waals surface area contributed by atoms with Gasteiger partial charge in [-0.15, -0.1) is 0 Å². The third-order valence-electron chi connectivity index (χ3n) is 4.12. The number of hydrogen-bond donors (Lipinski definition) is 1. The van der Waals surface area contributed by atoms with Gasteiger partial charge in [-0.2, -0.15) is 4.98 Å². The zero-order valence-electron chi connectivity index (χ0n) is 15.1. The molecule has 0 spiro atoms. The van der Waals surface area contributed by atoms with Crippen molar-refractivity contribution in [3.05, 3.63) is 76.9 Å². The van der Waals surface area contributed by atoms with Gasteiger partial charge in [0.05, 0.1) is 0 Å². The summed E-state index contributed by atoms with van der Waals surface area (Å²) in [5.74, 6) is 1.52. The number of nitrogens with one attached hydrogen (secondary N) is 1. The van der Waals surface area contributed by atoms with E-state index in [1.807, 2.05) is 24.3 Å². The van der Waals surface area contributed by atoms with E-state index in [2.05, 4.69) is 64.4 Å². The first-order chi connectivity index (χ1) is 12.7. The van der Waals surface area contributed by atoms with Crippen LogP contribution in [0.4, 0.5) is 17.5 Å². The van der Waals surface area contributed by atoms with Crippen LogP contribution < -0.4 is 10.2 Å². The first-order valence-corrected chi connectivity index (χ1v) is 9.19. The molecule has 0 unspecified atom stereocenters. The second kappa shape index (κ2) is 8.68. The standard InChI is InChI=1S/C21H23ClN4/c1-3-26(19-9-4-6-16(2)14-19)21-24-13-11-20(25-21)23-12-10-17-7-5-8-18(22)15-17/h4-9,11,13-15H,3,10,12H2,1-2H3,(H,23,24,25). The number of aryl methyl sites for hydroxylation is 1. The highest BCUT2D eigenvalue weighted by Gasteiger charge is 2.11. The predicted molar refractivity (Wildman–Crippen MR) is 110 cm³/mol. The SMILES string of the molecule is CCN(c1cccc(C)c1)c1nccc(NCCc2cccc(Cl)c2)n1. The molecule has 3 aromatic rings. The molecule has 0 fully saturated rings. The van der Waals surface area contributed by atoms with E-state index in [0.29, 0.717) is 5.95 Å². The lowest BCUT2D eigenvalue weighted by atomic mass is 10.1. The van der Waals surface area contributed by atoms with E-state index >= 15 is 0 Å². The van der Waals surface area contributed by atoms with E-state index in [0.717, 1.165) is 36.0 Å². The van der Waals surface area contributed by atoms with Crippen molar-refractivity contribution >= 4 is 29.1 Å². The van der Waals surface area contributed by atoms with E-state index in [-0.39, 0.29) is 0 Å². The quantitative estimate of drug-likeness (QED) is 0.620. The molecule has 0 aliphatic rings. The summed E-state index contributed by atoms with van der Waals surface area (Å²) in [5, 5.41) is 4.14. The molecule has 0 saturated heterocycles. The van der Waals surface area contributed by atoms with Crippen molar-refractivity contribution in [3.8, 4) is 0 Å². The molecule has 0 aliphatic carbocycles. The van der Waals surface area contributed by atoms with Crippen LogP contribution in [0.25, 0.3) is 0 Å². The van der Waals surface area contributed by atoms with Gasteiger partial charge in [0, 0.05) is 30.0 Å². The molecule has 0 amide bonds. The third-order valence-corrected chi connectivity index (χ3v) is 4.36. The number of aromatic nitrogens is 2. The predicted octanol–water partition coefficient (Wildman–Crippen LogP) is 5.25. The van der Waals surface area contributed by atoms with E-state index in [1.165, 1.54) is 11.1 Å². The Morgan fingerprint density at radius 3 is 2.69 bits per heavy atom.